The first-order valence-electron chi connectivity index (χ1n) is 12.3. The van der Waals surface area contributed by atoms with Gasteiger partial charge >= 0.3 is 0 Å². The molecule has 1 amide bonds. The van der Waals surface area contributed by atoms with Crippen molar-refractivity contribution in [1.29, 1.82) is 0 Å². The maximum Gasteiger partial charge on any atom is 0.296 e. The normalized spacial score (nSPS) is 15.2. The van der Waals surface area contributed by atoms with Crippen molar-refractivity contribution < 1.29 is 24.2 Å². The summed E-state index contributed by atoms with van der Waals surface area (Å²) in [5.74, 6) is -0.00157. The Morgan fingerprint density at radius 1 is 1.03 bits per heavy atom. The summed E-state index contributed by atoms with van der Waals surface area (Å²) in [5, 5.41) is 21.7. The minimum Gasteiger partial charge on any atom is -0.503 e. The Bertz CT molecular complexity index is 1500. The number of Topliss-reactive ketones (excluding diaryl/α,β-unsaturated/α-hetero) is 1. The summed E-state index contributed by atoms with van der Waals surface area (Å²) < 4.78 is 12.2. The number of ketones is 1. The fraction of sp³-hybridized carbons (Fsp3) is 0.214. The van der Waals surface area contributed by atoms with Crippen molar-refractivity contribution in [2.24, 2.45) is 0 Å². The number of rotatable bonds is 11. The van der Waals surface area contributed by atoms with Gasteiger partial charge in [0.15, 0.2) is 21.6 Å². The van der Waals surface area contributed by atoms with Gasteiger partial charge in [0.25, 0.3) is 5.91 Å². The second kappa shape index (κ2) is 12.0. The predicted molar refractivity (Wildman–Crippen MR) is 153 cm³/mol. The molecule has 200 valence electrons. The zero-order valence-electron chi connectivity index (χ0n) is 21.2. The van der Waals surface area contributed by atoms with Gasteiger partial charge in [0, 0.05) is 5.75 Å². The van der Waals surface area contributed by atoms with Crippen molar-refractivity contribution in [2.75, 3.05) is 18.1 Å². The van der Waals surface area contributed by atoms with E-state index in [4.69, 9.17) is 9.47 Å². The molecule has 3 heterocycles. The molecule has 0 spiro atoms. The van der Waals surface area contributed by atoms with Crippen molar-refractivity contribution in [1.82, 2.24) is 10.2 Å². The molecule has 2 aromatic heterocycles. The number of hydrogen-bond donors (Lipinski definition) is 1. The van der Waals surface area contributed by atoms with Gasteiger partial charge in [-0.1, -0.05) is 65.6 Å². The molecule has 4 aromatic rings. The van der Waals surface area contributed by atoms with E-state index in [1.165, 1.54) is 39.3 Å². The molecule has 0 saturated carbocycles. The second-order valence-corrected chi connectivity index (χ2v) is 11.5. The summed E-state index contributed by atoms with van der Waals surface area (Å²) in [4.78, 5) is 28.8. The number of ether oxygens (including phenoxy) is 2. The first-order chi connectivity index (χ1) is 19.0. The van der Waals surface area contributed by atoms with Gasteiger partial charge in [-0.25, -0.2) is 0 Å². The number of thioether (sulfide) groups is 1. The molecule has 5 rings (SSSR count). The van der Waals surface area contributed by atoms with Crippen LogP contribution in [0.4, 0.5) is 5.13 Å². The number of aromatic nitrogens is 2. The standard InChI is InChI=1S/C28H25N3O5S3/c1-3-35-19-13-12-18(15-20(19)36-4-2)23-22(24(32)21-11-8-14-37-21)25(33)26(34)31(23)27-29-30-28(39-27)38-16-17-9-6-5-7-10-17/h5-15,23,33H,3-4,16H2,1-2H3. The molecule has 0 saturated heterocycles. The largest absolute Gasteiger partial charge is 0.503 e. The van der Waals surface area contributed by atoms with E-state index in [-0.39, 0.29) is 10.7 Å². The first kappa shape index (κ1) is 26.9. The Kier molecular flexibility index (Phi) is 8.30. The number of benzene rings is 2. The van der Waals surface area contributed by atoms with Crippen LogP contribution in [0, 0.1) is 0 Å². The Morgan fingerprint density at radius 3 is 2.51 bits per heavy atom. The SMILES string of the molecule is CCOc1ccc(C2C(C(=O)c3cccs3)=C(O)C(=O)N2c2nnc(SCc3ccccc3)s2)cc1OCC. The average Bonchev–Trinajstić information content (AvgIpc) is 3.70. The van der Waals surface area contributed by atoms with E-state index in [2.05, 4.69) is 10.2 Å². The van der Waals surface area contributed by atoms with Crippen LogP contribution in [0.25, 0.3) is 0 Å². The third-order valence-corrected chi connectivity index (χ3v) is 8.88. The zero-order chi connectivity index (χ0) is 27.4. The van der Waals surface area contributed by atoms with Crippen LogP contribution in [-0.4, -0.2) is 40.2 Å². The first-order valence-corrected chi connectivity index (χ1v) is 14.9. The maximum atomic E-state index is 13.6. The molecule has 0 aliphatic carbocycles. The summed E-state index contributed by atoms with van der Waals surface area (Å²) in [5.41, 5.74) is 1.70. The molecule has 1 unspecified atom stereocenters. The summed E-state index contributed by atoms with van der Waals surface area (Å²) in [6.07, 6.45) is 0. The molecule has 0 bridgehead atoms. The van der Waals surface area contributed by atoms with Crippen LogP contribution in [0.3, 0.4) is 0 Å². The molecule has 2 aromatic carbocycles. The lowest BCUT2D eigenvalue weighted by Crippen LogP contribution is -2.31. The summed E-state index contributed by atoms with van der Waals surface area (Å²) in [7, 11) is 0. The Balaban J connectivity index is 1.54. The fourth-order valence-corrected chi connectivity index (χ4v) is 6.71. The molecule has 1 atom stereocenters. The van der Waals surface area contributed by atoms with E-state index >= 15 is 0 Å². The highest BCUT2D eigenvalue weighted by molar-refractivity contribution is 8.00. The van der Waals surface area contributed by atoms with Gasteiger partial charge in [0.1, 0.15) is 0 Å². The Morgan fingerprint density at radius 2 is 1.79 bits per heavy atom. The molecule has 8 nitrogen and oxygen atoms in total. The molecule has 0 fully saturated rings. The molecular formula is C28H25N3O5S3. The highest BCUT2D eigenvalue weighted by Crippen LogP contribution is 2.45. The molecule has 39 heavy (non-hydrogen) atoms. The minimum atomic E-state index is -0.929. The molecule has 1 aliphatic rings. The van der Waals surface area contributed by atoms with E-state index in [1.807, 2.05) is 44.2 Å². The van der Waals surface area contributed by atoms with Gasteiger partial charge in [-0.2, -0.15) is 0 Å². The van der Waals surface area contributed by atoms with Gasteiger partial charge in [-0.3, -0.25) is 14.5 Å². The van der Waals surface area contributed by atoms with E-state index < -0.39 is 23.5 Å². The van der Waals surface area contributed by atoms with Crippen LogP contribution in [0.5, 0.6) is 11.5 Å². The number of carbonyl (C=O) groups is 2. The monoisotopic (exact) mass is 579 g/mol. The van der Waals surface area contributed by atoms with Gasteiger partial charge in [0.2, 0.25) is 10.9 Å². The Labute approximate surface area is 237 Å². The Hall–Kier alpha value is -3.67. The third-order valence-electron chi connectivity index (χ3n) is 5.89. The van der Waals surface area contributed by atoms with Crippen LogP contribution in [-0.2, 0) is 10.5 Å². The van der Waals surface area contributed by atoms with Crippen molar-refractivity contribution in [3.8, 4) is 11.5 Å². The van der Waals surface area contributed by atoms with Crippen molar-refractivity contribution >= 4 is 51.3 Å². The summed E-state index contributed by atoms with van der Waals surface area (Å²) in [6, 6.07) is 17.7. The van der Waals surface area contributed by atoms with Gasteiger partial charge in [-0.15, -0.1) is 21.5 Å². The van der Waals surface area contributed by atoms with Crippen LogP contribution in [0.15, 0.2) is 81.7 Å². The number of anilines is 1. The second-order valence-electron chi connectivity index (χ2n) is 8.34. The molecular weight excluding hydrogens is 555 g/mol. The summed E-state index contributed by atoms with van der Waals surface area (Å²) in [6.45, 7) is 4.59. The minimum absolute atomic E-state index is 0.0113. The average molecular weight is 580 g/mol. The maximum absolute atomic E-state index is 13.6. The number of aliphatic hydroxyl groups excluding tert-OH is 1. The van der Waals surface area contributed by atoms with Gasteiger partial charge < -0.3 is 14.6 Å². The van der Waals surface area contributed by atoms with Crippen molar-refractivity contribution in [3.05, 3.63) is 93.4 Å². The highest BCUT2D eigenvalue weighted by atomic mass is 32.2. The quantitative estimate of drug-likeness (QED) is 0.123. The number of amides is 1. The van der Waals surface area contributed by atoms with Gasteiger partial charge in [0.05, 0.1) is 29.7 Å². The lowest BCUT2D eigenvalue weighted by molar-refractivity contribution is -0.117. The predicted octanol–water partition coefficient (Wildman–Crippen LogP) is 6.47. The lowest BCUT2D eigenvalue weighted by Gasteiger charge is -2.25. The van der Waals surface area contributed by atoms with Crippen LogP contribution in [0.2, 0.25) is 0 Å². The van der Waals surface area contributed by atoms with Crippen molar-refractivity contribution in [2.45, 2.75) is 30.0 Å². The lowest BCUT2D eigenvalue weighted by atomic mass is 9.95. The van der Waals surface area contributed by atoms with Crippen LogP contribution < -0.4 is 14.4 Å². The number of aliphatic hydroxyl groups is 1. The topological polar surface area (TPSA) is 102 Å². The smallest absolute Gasteiger partial charge is 0.296 e. The molecule has 0 radical (unpaired) electrons. The van der Waals surface area contributed by atoms with Crippen LogP contribution in [0.1, 0.15) is 40.7 Å². The van der Waals surface area contributed by atoms with E-state index in [0.717, 1.165) is 5.56 Å². The van der Waals surface area contributed by atoms with E-state index in [9.17, 15) is 14.7 Å². The molecule has 11 heteroatoms. The number of carbonyl (C=O) groups excluding carboxylic acids is 2. The fourth-order valence-electron chi connectivity index (χ4n) is 4.21. The number of nitrogens with zero attached hydrogens (tertiary/aromatic N) is 3. The van der Waals surface area contributed by atoms with Gasteiger partial charge in [-0.05, 0) is 48.6 Å². The van der Waals surface area contributed by atoms with E-state index in [0.29, 0.717) is 45.2 Å². The van der Waals surface area contributed by atoms with E-state index in [1.54, 1.807) is 35.7 Å². The number of hydrogen-bond acceptors (Lipinski definition) is 10. The molecule has 1 aliphatic heterocycles. The van der Waals surface area contributed by atoms with Crippen LogP contribution >= 0.6 is 34.4 Å². The number of thiophene rings is 1. The zero-order valence-corrected chi connectivity index (χ0v) is 23.6. The summed E-state index contributed by atoms with van der Waals surface area (Å²) >= 11 is 3.98. The third kappa shape index (κ3) is 5.56. The molecule has 1 N–H and O–H groups in total. The highest BCUT2D eigenvalue weighted by Gasteiger charge is 2.46. The van der Waals surface area contributed by atoms with Crippen molar-refractivity contribution in [3.63, 3.8) is 0 Å².